The first-order valence-corrected chi connectivity index (χ1v) is 6.93. The van der Waals surface area contributed by atoms with Gasteiger partial charge < -0.3 is 16.0 Å². The molecule has 0 unspecified atom stereocenters. The van der Waals surface area contributed by atoms with E-state index in [1.165, 1.54) is 32.1 Å². The zero-order chi connectivity index (χ0) is 13.3. The van der Waals surface area contributed by atoms with E-state index in [1.807, 2.05) is 0 Å². The molecule has 2 aromatic rings. The van der Waals surface area contributed by atoms with Crippen LogP contribution < -0.4 is 11.1 Å². The molecule has 6 nitrogen and oxygen atoms in total. The van der Waals surface area contributed by atoms with Crippen LogP contribution in [0.1, 0.15) is 39.0 Å². The lowest BCUT2D eigenvalue weighted by Crippen LogP contribution is -2.26. The van der Waals surface area contributed by atoms with Gasteiger partial charge >= 0.3 is 0 Å². The van der Waals surface area contributed by atoms with Gasteiger partial charge in [0, 0.05) is 6.54 Å². The number of nitrogen functional groups attached to an aromatic ring is 1. The standard InChI is InChI=1S/C13H20N6/c1-2-13(5-3-4-6-13)7-15-10-9-11(17-8-16-9)19-12(14)18-10/h8H,2-7H2,1H3,(H4,14,15,16,17,18,19). The average molecular weight is 260 g/mol. The first kappa shape index (κ1) is 12.2. The van der Waals surface area contributed by atoms with E-state index < -0.39 is 0 Å². The molecule has 2 aromatic heterocycles. The lowest BCUT2D eigenvalue weighted by molar-refractivity contribution is 0.306. The largest absolute Gasteiger partial charge is 0.368 e. The topological polar surface area (TPSA) is 92.5 Å². The lowest BCUT2D eigenvalue weighted by atomic mass is 9.83. The molecule has 0 radical (unpaired) electrons. The summed E-state index contributed by atoms with van der Waals surface area (Å²) in [7, 11) is 0. The van der Waals surface area contributed by atoms with E-state index in [0.29, 0.717) is 11.1 Å². The van der Waals surface area contributed by atoms with Crippen LogP contribution in [0.5, 0.6) is 0 Å². The third kappa shape index (κ3) is 2.22. The fourth-order valence-corrected chi connectivity index (χ4v) is 3.03. The lowest BCUT2D eigenvalue weighted by Gasteiger charge is -2.27. The molecule has 4 N–H and O–H groups in total. The number of nitrogens with two attached hydrogens (primary N) is 1. The van der Waals surface area contributed by atoms with E-state index in [1.54, 1.807) is 6.33 Å². The molecular weight excluding hydrogens is 240 g/mol. The van der Waals surface area contributed by atoms with Crippen molar-refractivity contribution in [1.29, 1.82) is 0 Å². The summed E-state index contributed by atoms with van der Waals surface area (Å²) in [5.74, 6) is 1.03. The maximum Gasteiger partial charge on any atom is 0.224 e. The number of nitrogens with zero attached hydrogens (tertiary/aromatic N) is 3. The molecule has 2 heterocycles. The van der Waals surface area contributed by atoms with Gasteiger partial charge in [0.05, 0.1) is 6.33 Å². The number of fused-ring (bicyclic) bond motifs is 1. The zero-order valence-electron chi connectivity index (χ0n) is 11.2. The van der Waals surface area contributed by atoms with Crippen LogP contribution in [-0.4, -0.2) is 26.5 Å². The minimum Gasteiger partial charge on any atom is -0.368 e. The summed E-state index contributed by atoms with van der Waals surface area (Å²) >= 11 is 0. The summed E-state index contributed by atoms with van der Waals surface area (Å²) in [5.41, 5.74) is 7.58. The monoisotopic (exact) mass is 260 g/mol. The predicted octanol–water partition coefficient (Wildman–Crippen LogP) is 2.32. The Morgan fingerprint density at radius 3 is 2.89 bits per heavy atom. The van der Waals surface area contributed by atoms with Gasteiger partial charge in [-0.25, -0.2) is 4.98 Å². The fraction of sp³-hybridized carbons (Fsp3) is 0.615. The third-order valence-corrected chi connectivity index (χ3v) is 4.35. The highest BCUT2D eigenvalue weighted by molar-refractivity contribution is 5.83. The highest BCUT2D eigenvalue weighted by atomic mass is 15.1. The van der Waals surface area contributed by atoms with Crippen molar-refractivity contribution in [2.24, 2.45) is 5.41 Å². The Bertz CT molecular complexity index is 570. The molecule has 0 amide bonds. The molecule has 3 rings (SSSR count). The van der Waals surface area contributed by atoms with Crippen molar-refractivity contribution in [3.05, 3.63) is 6.33 Å². The van der Waals surface area contributed by atoms with E-state index in [0.717, 1.165) is 17.9 Å². The van der Waals surface area contributed by atoms with Crippen LogP contribution in [0, 0.1) is 5.41 Å². The number of anilines is 2. The van der Waals surface area contributed by atoms with E-state index in [4.69, 9.17) is 5.73 Å². The molecule has 0 atom stereocenters. The number of hydrogen-bond donors (Lipinski definition) is 3. The average Bonchev–Trinajstić information content (AvgIpc) is 3.05. The summed E-state index contributed by atoms with van der Waals surface area (Å²) in [6, 6.07) is 0. The first-order valence-electron chi connectivity index (χ1n) is 6.93. The van der Waals surface area contributed by atoms with Gasteiger partial charge in [-0.1, -0.05) is 19.8 Å². The van der Waals surface area contributed by atoms with Crippen molar-refractivity contribution in [2.75, 3.05) is 17.6 Å². The molecule has 1 aliphatic rings. The van der Waals surface area contributed by atoms with Gasteiger partial charge in [0.25, 0.3) is 0 Å². The maximum absolute atomic E-state index is 5.72. The molecule has 0 aromatic carbocycles. The van der Waals surface area contributed by atoms with Gasteiger partial charge in [0.2, 0.25) is 5.95 Å². The van der Waals surface area contributed by atoms with Crippen LogP contribution in [0.4, 0.5) is 11.8 Å². The Morgan fingerprint density at radius 2 is 2.16 bits per heavy atom. The second kappa shape index (κ2) is 4.68. The van der Waals surface area contributed by atoms with Gasteiger partial charge in [0.15, 0.2) is 11.5 Å². The molecule has 19 heavy (non-hydrogen) atoms. The van der Waals surface area contributed by atoms with Crippen molar-refractivity contribution in [3.63, 3.8) is 0 Å². The van der Waals surface area contributed by atoms with E-state index in [9.17, 15) is 0 Å². The van der Waals surface area contributed by atoms with E-state index in [2.05, 4.69) is 32.2 Å². The van der Waals surface area contributed by atoms with Crippen molar-refractivity contribution < 1.29 is 0 Å². The minimum absolute atomic E-state index is 0.263. The first-order chi connectivity index (χ1) is 9.22. The highest BCUT2D eigenvalue weighted by Gasteiger charge is 2.31. The van der Waals surface area contributed by atoms with Crippen LogP contribution in [0.2, 0.25) is 0 Å². The number of imidazole rings is 1. The third-order valence-electron chi connectivity index (χ3n) is 4.35. The van der Waals surface area contributed by atoms with Crippen molar-refractivity contribution in [3.8, 4) is 0 Å². The van der Waals surface area contributed by atoms with Crippen molar-refractivity contribution in [2.45, 2.75) is 39.0 Å². The highest BCUT2D eigenvalue weighted by Crippen LogP contribution is 2.41. The normalized spacial score (nSPS) is 17.9. The molecule has 0 saturated heterocycles. The second-order valence-corrected chi connectivity index (χ2v) is 5.45. The Morgan fingerprint density at radius 1 is 1.37 bits per heavy atom. The Labute approximate surface area is 112 Å². The molecule has 0 spiro atoms. The zero-order valence-corrected chi connectivity index (χ0v) is 11.2. The number of aromatic nitrogens is 4. The van der Waals surface area contributed by atoms with Gasteiger partial charge in [0.1, 0.15) is 5.52 Å². The van der Waals surface area contributed by atoms with Gasteiger partial charge in [-0.3, -0.25) is 0 Å². The van der Waals surface area contributed by atoms with Crippen molar-refractivity contribution >= 4 is 22.9 Å². The second-order valence-electron chi connectivity index (χ2n) is 5.45. The van der Waals surface area contributed by atoms with Crippen molar-refractivity contribution in [1.82, 2.24) is 19.9 Å². The molecule has 6 heteroatoms. The van der Waals surface area contributed by atoms with Gasteiger partial charge in [-0.05, 0) is 24.7 Å². The Kier molecular flexibility index (Phi) is 3.00. The summed E-state index contributed by atoms with van der Waals surface area (Å²) in [6.45, 7) is 3.21. The fourth-order valence-electron chi connectivity index (χ4n) is 3.03. The minimum atomic E-state index is 0.263. The van der Waals surface area contributed by atoms with Gasteiger partial charge in [-0.2, -0.15) is 9.97 Å². The smallest absolute Gasteiger partial charge is 0.224 e. The summed E-state index contributed by atoms with van der Waals surface area (Å²) in [5, 5.41) is 3.45. The molecule has 0 aliphatic heterocycles. The number of nitrogens with one attached hydrogen (secondary N) is 2. The SMILES string of the molecule is CCC1(CNc2nc(N)nc3nc[nH]c23)CCCC1. The molecule has 1 saturated carbocycles. The Hall–Kier alpha value is -1.85. The summed E-state index contributed by atoms with van der Waals surface area (Å²) < 4.78 is 0. The number of rotatable bonds is 4. The van der Waals surface area contributed by atoms with Gasteiger partial charge in [-0.15, -0.1) is 0 Å². The van der Waals surface area contributed by atoms with Crippen LogP contribution in [0.3, 0.4) is 0 Å². The summed E-state index contributed by atoms with van der Waals surface area (Å²) in [4.78, 5) is 15.6. The number of H-pyrrole nitrogens is 1. The Balaban J connectivity index is 1.83. The van der Waals surface area contributed by atoms with Crippen LogP contribution in [0.25, 0.3) is 11.2 Å². The number of aromatic amines is 1. The molecule has 0 bridgehead atoms. The quantitative estimate of drug-likeness (QED) is 0.784. The predicted molar refractivity (Wildman–Crippen MR) is 75.8 cm³/mol. The van der Waals surface area contributed by atoms with Crippen LogP contribution >= 0.6 is 0 Å². The van der Waals surface area contributed by atoms with Crippen LogP contribution in [0.15, 0.2) is 6.33 Å². The van der Waals surface area contributed by atoms with E-state index in [-0.39, 0.29) is 5.95 Å². The molecule has 102 valence electrons. The molecule has 1 aliphatic carbocycles. The maximum atomic E-state index is 5.72. The summed E-state index contributed by atoms with van der Waals surface area (Å²) in [6.07, 6.45) is 8.08. The molecular formula is C13H20N6. The molecule has 1 fully saturated rings. The number of hydrogen-bond acceptors (Lipinski definition) is 5. The van der Waals surface area contributed by atoms with E-state index >= 15 is 0 Å². The van der Waals surface area contributed by atoms with Crippen LogP contribution in [-0.2, 0) is 0 Å².